The van der Waals surface area contributed by atoms with Crippen molar-refractivity contribution in [1.82, 2.24) is 10.6 Å². The monoisotopic (exact) mass is 468 g/mol. The molecule has 2 amide bonds. The number of hydrogen-bond acceptors (Lipinski definition) is 5. The van der Waals surface area contributed by atoms with Crippen LogP contribution in [0.25, 0.3) is 11.1 Å². The van der Waals surface area contributed by atoms with E-state index in [9.17, 15) is 19.5 Å². The van der Waals surface area contributed by atoms with Gasteiger partial charge in [0, 0.05) is 24.4 Å². The van der Waals surface area contributed by atoms with Crippen LogP contribution in [0.15, 0.2) is 48.5 Å². The van der Waals surface area contributed by atoms with Gasteiger partial charge in [0.15, 0.2) is 0 Å². The number of carbonyl (C=O) groups excluding carboxylic acids is 2. The fraction of sp³-hybridized carbons (Fsp3) is 0.423. The molecule has 2 aromatic carbocycles. The largest absolute Gasteiger partial charge is 0.481 e. The Kier molecular flexibility index (Phi) is 7.61. The average molecular weight is 469 g/mol. The second kappa shape index (κ2) is 10.3. The number of benzene rings is 2. The van der Waals surface area contributed by atoms with E-state index in [0.717, 1.165) is 22.3 Å². The van der Waals surface area contributed by atoms with Crippen LogP contribution in [0.5, 0.6) is 0 Å². The summed E-state index contributed by atoms with van der Waals surface area (Å²) in [5.41, 5.74) is 2.19. The zero-order valence-corrected chi connectivity index (χ0v) is 19.8. The fourth-order valence-electron chi connectivity index (χ4n) is 4.14. The fourth-order valence-corrected chi connectivity index (χ4v) is 4.14. The average Bonchev–Trinajstić information content (AvgIpc) is 3.09. The number of alkyl carbamates (subject to hydrolysis) is 1. The SMILES string of the molecule is CC(O)(CNC(=O)C(C)(C)CCNC(=O)OCC1c2ccccc2-c2ccccc21)CC(=O)O. The van der Waals surface area contributed by atoms with Gasteiger partial charge in [-0.2, -0.15) is 0 Å². The summed E-state index contributed by atoms with van der Waals surface area (Å²) in [4.78, 5) is 35.6. The normalized spacial score (nSPS) is 14.5. The zero-order valence-electron chi connectivity index (χ0n) is 19.8. The Hall–Kier alpha value is -3.39. The second-order valence-electron chi connectivity index (χ2n) is 9.64. The van der Waals surface area contributed by atoms with Crippen molar-refractivity contribution in [3.63, 3.8) is 0 Å². The van der Waals surface area contributed by atoms with Crippen LogP contribution in [0.1, 0.15) is 50.7 Å². The number of aliphatic carboxylic acids is 1. The summed E-state index contributed by atoms with van der Waals surface area (Å²) >= 11 is 0. The highest BCUT2D eigenvalue weighted by Crippen LogP contribution is 2.44. The van der Waals surface area contributed by atoms with E-state index in [2.05, 4.69) is 34.9 Å². The molecule has 0 radical (unpaired) electrons. The molecule has 182 valence electrons. The van der Waals surface area contributed by atoms with E-state index >= 15 is 0 Å². The molecule has 0 bridgehead atoms. The van der Waals surface area contributed by atoms with E-state index < -0.39 is 29.5 Å². The van der Waals surface area contributed by atoms with Crippen molar-refractivity contribution in [3.05, 3.63) is 59.7 Å². The molecule has 2 aromatic rings. The number of nitrogens with one attached hydrogen (secondary N) is 2. The van der Waals surface area contributed by atoms with Crippen LogP contribution in [-0.2, 0) is 14.3 Å². The Morgan fingerprint density at radius 1 is 0.941 bits per heavy atom. The molecule has 8 heteroatoms. The summed E-state index contributed by atoms with van der Waals surface area (Å²) in [6.45, 7) is 5.04. The topological polar surface area (TPSA) is 125 Å². The molecule has 34 heavy (non-hydrogen) atoms. The number of fused-ring (bicyclic) bond motifs is 3. The summed E-state index contributed by atoms with van der Waals surface area (Å²) < 4.78 is 5.50. The number of hydrogen-bond donors (Lipinski definition) is 4. The maximum absolute atomic E-state index is 12.5. The van der Waals surface area contributed by atoms with E-state index in [1.54, 1.807) is 13.8 Å². The molecule has 1 aliphatic carbocycles. The molecule has 1 atom stereocenters. The standard InChI is InChI=1S/C26H32N2O6/c1-25(2,23(31)28-16-26(3,33)14-22(29)30)12-13-27-24(32)34-15-21-19-10-6-4-8-17(19)18-9-5-7-11-20(18)21/h4-11,21,33H,12-16H2,1-3H3,(H,27,32)(H,28,31)(H,29,30). The van der Waals surface area contributed by atoms with Crippen LogP contribution < -0.4 is 10.6 Å². The highest BCUT2D eigenvalue weighted by molar-refractivity contribution is 5.82. The summed E-state index contributed by atoms with van der Waals surface area (Å²) in [5, 5.41) is 24.2. The van der Waals surface area contributed by atoms with Gasteiger partial charge in [0.2, 0.25) is 5.91 Å². The highest BCUT2D eigenvalue weighted by atomic mass is 16.5. The van der Waals surface area contributed by atoms with Crippen molar-refractivity contribution in [1.29, 1.82) is 0 Å². The molecule has 0 heterocycles. The Bertz CT molecular complexity index is 1020. The molecule has 0 aliphatic heterocycles. The molecule has 1 aliphatic rings. The quantitative estimate of drug-likeness (QED) is 0.424. The predicted octanol–water partition coefficient (Wildman–Crippen LogP) is 3.28. The van der Waals surface area contributed by atoms with E-state index in [1.165, 1.54) is 6.92 Å². The van der Waals surface area contributed by atoms with Gasteiger partial charge in [-0.05, 0) is 35.6 Å². The third-order valence-corrected chi connectivity index (χ3v) is 6.14. The van der Waals surface area contributed by atoms with Crippen molar-refractivity contribution in [3.8, 4) is 11.1 Å². The number of amides is 2. The molecule has 4 N–H and O–H groups in total. The molecule has 8 nitrogen and oxygen atoms in total. The summed E-state index contributed by atoms with van der Waals surface area (Å²) in [5.74, 6) is -1.52. The molecule has 0 saturated carbocycles. The van der Waals surface area contributed by atoms with E-state index in [0.29, 0.717) is 6.42 Å². The molecule has 0 saturated heterocycles. The minimum absolute atomic E-state index is 0.0287. The van der Waals surface area contributed by atoms with Gasteiger partial charge in [0.1, 0.15) is 6.61 Å². The Balaban J connectivity index is 1.46. The van der Waals surface area contributed by atoms with Crippen LogP contribution in [0.4, 0.5) is 4.79 Å². The molecule has 0 aromatic heterocycles. The van der Waals surface area contributed by atoms with E-state index in [4.69, 9.17) is 9.84 Å². The second-order valence-corrected chi connectivity index (χ2v) is 9.64. The Labute approximate surface area is 199 Å². The van der Waals surface area contributed by atoms with Gasteiger partial charge in [-0.3, -0.25) is 9.59 Å². The Morgan fingerprint density at radius 2 is 1.50 bits per heavy atom. The third kappa shape index (κ3) is 6.14. The van der Waals surface area contributed by atoms with Gasteiger partial charge < -0.3 is 25.6 Å². The number of carboxylic acid groups (broad SMARTS) is 1. The first kappa shape index (κ1) is 25.2. The number of ether oxygens (including phenoxy) is 1. The maximum atomic E-state index is 12.5. The lowest BCUT2D eigenvalue weighted by Crippen LogP contribution is -2.47. The van der Waals surface area contributed by atoms with E-state index in [1.807, 2.05) is 24.3 Å². The lowest BCUT2D eigenvalue weighted by Gasteiger charge is -2.27. The van der Waals surface area contributed by atoms with Crippen molar-refractivity contribution in [2.24, 2.45) is 5.41 Å². The summed E-state index contributed by atoms with van der Waals surface area (Å²) in [6, 6.07) is 16.2. The first-order valence-corrected chi connectivity index (χ1v) is 11.3. The molecule has 3 rings (SSSR count). The third-order valence-electron chi connectivity index (χ3n) is 6.14. The molecular formula is C26H32N2O6. The summed E-state index contributed by atoms with van der Waals surface area (Å²) in [7, 11) is 0. The summed E-state index contributed by atoms with van der Waals surface area (Å²) in [6.07, 6.45) is -0.691. The minimum atomic E-state index is -1.54. The van der Waals surface area contributed by atoms with Gasteiger partial charge in [0.25, 0.3) is 0 Å². The lowest BCUT2D eigenvalue weighted by molar-refractivity contribution is -0.143. The number of rotatable bonds is 10. The van der Waals surface area contributed by atoms with Gasteiger partial charge in [-0.25, -0.2) is 4.79 Å². The van der Waals surface area contributed by atoms with Gasteiger partial charge >= 0.3 is 12.1 Å². The van der Waals surface area contributed by atoms with Crippen LogP contribution in [0.2, 0.25) is 0 Å². The van der Waals surface area contributed by atoms with Gasteiger partial charge in [-0.1, -0.05) is 62.4 Å². The van der Waals surface area contributed by atoms with Crippen molar-refractivity contribution < 1.29 is 29.3 Å². The highest BCUT2D eigenvalue weighted by Gasteiger charge is 2.32. The number of aliphatic hydroxyl groups is 1. The lowest BCUT2D eigenvalue weighted by atomic mass is 9.88. The zero-order chi connectivity index (χ0) is 24.9. The smallest absolute Gasteiger partial charge is 0.407 e. The number of carbonyl (C=O) groups is 3. The van der Waals surface area contributed by atoms with Crippen LogP contribution in [0.3, 0.4) is 0 Å². The molecular weight excluding hydrogens is 436 g/mol. The van der Waals surface area contributed by atoms with E-state index in [-0.39, 0.29) is 31.5 Å². The minimum Gasteiger partial charge on any atom is -0.481 e. The number of carboxylic acids is 1. The Morgan fingerprint density at radius 3 is 2.06 bits per heavy atom. The molecule has 0 spiro atoms. The van der Waals surface area contributed by atoms with Crippen LogP contribution >= 0.6 is 0 Å². The van der Waals surface area contributed by atoms with Crippen LogP contribution in [-0.4, -0.2) is 53.5 Å². The maximum Gasteiger partial charge on any atom is 0.407 e. The van der Waals surface area contributed by atoms with Crippen molar-refractivity contribution >= 4 is 18.0 Å². The molecule has 1 unspecified atom stereocenters. The van der Waals surface area contributed by atoms with Crippen molar-refractivity contribution in [2.45, 2.75) is 45.1 Å². The first-order valence-electron chi connectivity index (χ1n) is 11.3. The predicted molar refractivity (Wildman–Crippen MR) is 127 cm³/mol. The van der Waals surface area contributed by atoms with Crippen molar-refractivity contribution in [2.75, 3.05) is 19.7 Å². The van der Waals surface area contributed by atoms with Gasteiger partial charge in [0.05, 0.1) is 12.0 Å². The first-order chi connectivity index (χ1) is 16.0. The van der Waals surface area contributed by atoms with Crippen LogP contribution in [0, 0.1) is 5.41 Å². The van der Waals surface area contributed by atoms with Gasteiger partial charge in [-0.15, -0.1) is 0 Å². The molecule has 0 fully saturated rings.